The Balaban J connectivity index is 1.57. The highest BCUT2D eigenvalue weighted by Gasteiger charge is 2.31. The number of amides is 1. The van der Waals surface area contributed by atoms with Crippen molar-refractivity contribution in [2.45, 2.75) is 38.9 Å². The van der Waals surface area contributed by atoms with Gasteiger partial charge in [-0.05, 0) is 44.0 Å². The summed E-state index contributed by atoms with van der Waals surface area (Å²) in [5.74, 6) is -0.435. The molecule has 1 saturated heterocycles. The third-order valence-corrected chi connectivity index (χ3v) is 4.60. The average molecular weight is 356 g/mol. The lowest BCUT2D eigenvalue weighted by atomic mass is 10.1. The van der Waals surface area contributed by atoms with Crippen LogP contribution in [0, 0.1) is 13.8 Å². The van der Waals surface area contributed by atoms with Gasteiger partial charge in [-0.1, -0.05) is 12.1 Å². The van der Waals surface area contributed by atoms with Gasteiger partial charge >= 0.3 is 5.97 Å². The van der Waals surface area contributed by atoms with Crippen LogP contribution in [0.4, 0.5) is 0 Å². The van der Waals surface area contributed by atoms with Crippen LogP contribution in [0.2, 0.25) is 0 Å². The zero-order chi connectivity index (χ0) is 18.7. The molecule has 0 bridgehead atoms. The number of benzene rings is 1. The minimum Gasteiger partial charge on any atom is -0.468 e. The van der Waals surface area contributed by atoms with Gasteiger partial charge in [0.25, 0.3) is 5.91 Å². The molecule has 0 spiro atoms. The number of carbonyl (C=O) groups is 2. The van der Waals surface area contributed by atoms with Crippen LogP contribution in [0.3, 0.4) is 0 Å². The van der Waals surface area contributed by atoms with Crippen LogP contribution in [-0.4, -0.2) is 47.4 Å². The molecule has 2 atom stereocenters. The van der Waals surface area contributed by atoms with Crippen molar-refractivity contribution >= 4 is 11.9 Å². The molecule has 7 nitrogen and oxygen atoms in total. The Morgan fingerprint density at radius 3 is 2.65 bits per heavy atom. The van der Waals surface area contributed by atoms with Gasteiger partial charge in [0.1, 0.15) is 6.04 Å². The number of methoxy groups -OCH3 is 1. The molecule has 138 valence electrons. The number of ether oxygens (including phenoxy) is 1. The molecule has 2 aromatic rings. The molecule has 0 aliphatic carbocycles. The average Bonchev–Trinajstić information content (AvgIpc) is 3.21. The summed E-state index contributed by atoms with van der Waals surface area (Å²) in [6.07, 6.45) is 0.536. The Hall–Kier alpha value is -2.67. The molecule has 1 fully saturated rings. The summed E-state index contributed by atoms with van der Waals surface area (Å²) in [7, 11) is 1.36. The minimum absolute atomic E-state index is 0.0824. The van der Waals surface area contributed by atoms with Crippen molar-refractivity contribution in [1.82, 2.24) is 20.4 Å². The first kappa shape index (κ1) is 18.1. The maximum Gasteiger partial charge on any atom is 0.322 e. The van der Waals surface area contributed by atoms with E-state index in [0.29, 0.717) is 25.1 Å². The lowest BCUT2D eigenvalue weighted by Gasteiger charge is -2.12. The number of aromatic nitrogens is 2. The molecule has 0 saturated carbocycles. The zero-order valence-corrected chi connectivity index (χ0v) is 15.3. The summed E-state index contributed by atoms with van der Waals surface area (Å²) >= 11 is 0. The van der Waals surface area contributed by atoms with Gasteiger partial charge in [-0.2, -0.15) is 5.10 Å². The summed E-state index contributed by atoms with van der Waals surface area (Å²) < 4.78 is 6.67. The first-order valence-electron chi connectivity index (χ1n) is 8.68. The number of esters is 1. The van der Waals surface area contributed by atoms with Crippen molar-refractivity contribution in [1.29, 1.82) is 0 Å². The number of carbonyl (C=O) groups excluding carboxylic acids is 2. The van der Waals surface area contributed by atoms with E-state index in [1.165, 1.54) is 7.11 Å². The Kier molecular flexibility index (Phi) is 5.37. The molecule has 1 aliphatic heterocycles. The van der Waals surface area contributed by atoms with E-state index in [1.807, 2.05) is 48.9 Å². The summed E-state index contributed by atoms with van der Waals surface area (Å²) in [6, 6.07) is 9.12. The molecule has 2 heterocycles. The van der Waals surface area contributed by atoms with E-state index in [4.69, 9.17) is 4.74 Å². The normalized spacial score (nSPS) is 19.3. The van der Waals surface area contributed by atoms with Gasteiger partial charge in [-0.3, -0.25) is 14.3 Å². The predicted molar refractivity (Wildman–Crippen MR) is 96.9 cm³/mol. The van der Waals surface area contributed by atoms with Crippen LogP contribution >= 0.6 is 0 Å². The van der Waals surface area contributed by atoms with Crippen molar-refractivity contribution < 1.29 is 14.3 Å². The maximum absolute atomic E-state index is 12.4. The number of rotatable bonds is 5. The highest BCUT2D eigenvalue weighted by Crippen LogP contribution is 2.12. The van der Waals surface area contributed by atoms with Crippen molar-refractivity contribution in [3.05, 3.63) is 52.8 Å². The second-order valence-electron chi connectivity index (χ2n) is 6.67. The van der Waals surface area contributed by atoms with E-state index in [2.05, 4.69) is 15.7 Å². The smallest absolute Gasteiger partial charge is 0.322 e. The molecule has 3 rings (SSSR count). The van der Waals surface area contributed by atoms with Crippen molar-refractivity contribution in [2.75, 3.05) is 13.7 Å². The van der Waals surface area contributed by atoms with Crippen LogP contribution in [-0.2, 0) is 16.1 Å². The number of hydrogen-bond acceptors (Lipinski definition) is 5. The molecule has 0 unspecified atom stereocenters. The third-order valence-electron chi connectivity index (χ3n) is 4.60. The number of hydrogen-bond donors (Lipinski definition) is 2. The van der Waals surface area contributed by atoms with Crippen LogP contribution in [0.25, 0.3) is 0 Å². The van der Waals surface area contributed by atoms with Crippen molar-refractivity contribution in [3.63, 3.8) is 0 Å². The molecule has 0 radical (unpaired) electrons. The number of aryl methyl sites for hydroxylation is 2. The summed E-state index contributed by atoms with van der Waals surface area (Å²) in [4.78, 5) is 23.9. The van der Waals surface area contributed by atoms with Crippen LogP contribution in [0.5, 0.6) is 0 Å². The molecular formula is C19H24N4O3. The Morgan fingerprint density at radius 2 is 2.04 bits per heavy atom. The Morgan fingerprint density at radius 1 is 1.31 bits per heavy atom. The largest absolute Gasteiger partial charge is 0.468 e. The van der Waals surface area contributed by atoms with Crippen LogP contribution < -0.4 is 10.6 Å². The van der Waals surface area contributed by atoms with Gasteiger partial charge in [0, 0.05) is 23.8 Å². The van der Waals surface area contributed by atoms with Gasteiger partial charge in [-0.15, -0.1) is 0 Å². The fourth-order valence-corrected chi connectivity index (χ4v) is 3.21. The summed E-state index contributed by atoms with van der Waals surface area (Å²) in [6.45, 7) is 5.23. The van der Waals surface area contributed by atoms with Gasteiger partial charge in [0.05, 0.1) is 19.3 Å². The lowest BCUT2D eigenvalue weighted by molar-refractivity contribution is -0.142. The predicted octanol–water partition coefficient (Wildman–Crippen LogP) is 1.18. The van der Waals surface area contributed by atoms with Gasteiger partial charge < -0.3 is 15.4 Å². The molecule has 7 heteroatoms. The Bertz CT molecular complexity index is 798. The quantitative estimate of drug-likeness (QED) is 0.786. The molecule has 1 aromatic heterocycles. The first-order chi connectivity index (χ1) is 12.5. The Labute approximate surface area is 152 Å². The van der Waals surface area contributed by atoms with Crippen LogP contribution in [0.1, 0.15) is 33.7 Å². The lowest BCUT2D eigenvalue weighted by Crippen LogP contribution is -2.36. The van der Waals surface area contributed by atoms with E-state index in [-0.39, 0.29) is 24.0 Å². The molecule has 1 amide bonds. The zero-order valence-electron chi connectivity index (χ0n) is 15.3. The second kappa shape index (κ2) is 7.70. The van der Waals surface area contributed by atoms with E-state index >= 15 is 0 Å². The highest BCUT2D eigenvalue weighted by molar-refractivity contribution is 5.94. The summed E-state index contributed by atoms with van der Waals surface area (Å²) in [5, 5.41) is 10.5. The fourth-order valence-electron chi connectivity index (χ4n) is 3.21. The second-order valence-corrected chi connectivity index (χ2v) is 6.67. The van der Waals surface area contributed by atoms with Gasteiger partial charge in [-0.25, -0.2) is 0 Å². The topological polar surface area (TPSA) is 85.2 Å². The highest BCUT2D eigenvalue weighted by atomic mass is 16.5. The third kappa shape index (κ3) is 4.11. The molecule has 1 aromatic carbocycles. The van der Waals surface area contributed by atoms with Gasteiger partial charge in [0.15, 0.2) is 0 Å². The van der Waals surface area contributed by atoms with Crippen LogP contribution in [0.15, 0.2) is 30.3 Å². The SMILES string of the molecule is COC(=O)[C@@H]1C[C@@H](NC(=O)c2ccc(Cn3nc(C)cc3C)cc2)CN1. The first-order valence-corrected chi connectivity index (χ1v) is 8.68. The molecule has 1 aliphatic rings. The molecular weight excluding hydrogens is 332 g/mol. The van der Waals surface area contributed by atoms with Crippen molar-refractivity contribution in [3.8, 4) is 0 Å². The number of nitrogens with zero attached hydrogens (tertiary/aromatic N) is 2. The van der Waals surface area contributed by atoms with Gasteiger partial charge in [0.2, 0.25) is 0 Å². The van der Waals surface area contributed by atoms with E-state index < -0.39 is 0 Å². The maximum atomic E-state index is 12.4. The monoisotopic (exact) mass is 356 g/mol. The standard InChI is InChI=1S/C19H24N4O3/c1-12-8-13(2)23(22-12)11-14-4-6-15(7-5-14)18(24)21-16-9-17(20-10-16)19(25)26-3/h4-8,16-17,20H,9-11H2,1-3H3,(H,21,24)/t16-,17+/m1/s1. The summed E-state index contributed by atoms with van der Waals surface area (Å²) in [5.41, 5.74) is 3.79. The van der Waals surface area contributed by atoms with E-state index in [9.17, 15) is 9.59 Å². The van der Waals surface area contributed by atoms with E-state index in [0.717, 1.165) is 17.0 Å². The van der Waals surface area contributed by atoms with Crippen molar-refractivity contribution in [2.24, 2.45) is 0 Å². The number of nitrogens with one attached hydrogen (secondary N) is 2. The molecule has 2 N–H and O–H groups in total. The molecule has 26 heavy (non-hydrogen) atoms. The minimum atomic E-state index is -0.353. The van der Waals surface area contributed by atoms with E-state index in [1.54, 1.807) is 0 Å². The fraction of sp³-hybridized carbons (Fsp3) is 0.421.